The van der Waals surface area contributed by atoms with E-state index in [1.807, 2.05) is 24.3 Å². The van der Waals surface area contributed by atoms with Crippen LogP contribution in [0.15, 0.2) is 36.4 Å². The van der Waals surface area contributed by atoms with Crippen molar-refractivity contribution < 1.29 is 32.6 Å². The molecule has 0 radical (unpaired) electrons. The number of hydrogen-bond acceptors (Lipinski definition) is 7. The van der Waals surface area contributed by atoms with Gasteiger partial charge in [0.05, 0.1) is 31.4 Å². The lowest BCUT2D eigenvalue weighted by molar-refractivity contribution is -0.144. The molecule has 2 atom stereocenters. The Morgan fingerprint density at radius 2 is 1.86 bits per heavy atom. The normalized spacial score (nSPS) is 24.0. The zero-order chi connectivity index (χ0) is 29.9. The highest BCUT2D eigenvalue weighted by molar-refractivity contribution is 7.90. The van der Waals surface area contributed by atoms with Crippen LogP contribution in [0.2, 0.25) is 0 Å². The number of nitrogens with one attached hydrogen (secondary N) is 1. The van der Waals surface area contributed by atoms with Gasteiger partial charge in [-0.05, 0) is 66.6 Å². The number of aliphatic carboxylic acids is 1. The maximum atomic E-state index is 13.4. The molecule has 3 heterocycles. The molecule has 2 aliphatic carbocycles. The molecule has 2 aromatic carbocycles. The van der Waals surface area contributed by atoms with Gasteiger partial charge in [0.2, 0.25) is 10.0 Å². The number of carboxylic acids is 1. The predicted octanol–water partition coefficient (Wildman–Crippen LogP) is 4.29. The third-order valence-corrected chi connectivity index (χ3v) is 11.1. The number of amides is 1. The summed E-state index contributed by atoms with van der Waals surface area (Å²) in [6.07, 6.45) is 6.09. The molecule has 3 fully saturated rings. The molecule has 43 heavy (non-hydrogen) atoms. The zero-order valence-corrected chi connectivity index (χ0v) is 25.1. The Bertz CT molecular complexity index is 1720. The molecular weight excluding hydrogens is 570 g/mol. The van der Waals surface area contributed by atoms with Gasteiger partial charge in [-0.1, -0.05) is 25.3 Å². The average molecular weight is 608 g/mol. The van der Waals surface area contributed by atoms with E-state index < -0.39 is 27.3 Å². The van der Waals surface area contributed by atoms with E-state index in [0.717, 1.165) is 53.4 Å². The highest BCUT2D eigenvalue weighted by Crippen LogP contribution is 2.65. The van der Waals surface area contributed by atoms with Gasteiger partial charge in [0, 0.05) is 47.6 Å². The minimum atomic E-state index is -3.91. The molecular formula is C32H37N3O7S. The molecule has 10 nitrogen and oxygen atoms in total. The lowest BCUT2D eigenvalue weighted by Crippen LogP contribution is -2.44. The van der Waals surface area contributed by atoms with Crippen molar-refractivity contribution in [3.63, 3.8) is 0 Å². The van der Waals surface area contributed by atoms with E-state index in [1.54, 1.807) is 24.1 Å². The minimum Gasteiger partial charge on any atom is -0.497 e. The van der Waals surface area contributed by atoms with Crippen LogP contribution in [0.25, 0.3) is 22.2 Å². The van der Waals surface area contributed by atoms with E-state index >= 15 is 0 Å². The van der Waals surface area contributed by atoms with Crippen molar-refractivity contribution in [2.75, 3.05) is 39.3 Å². The summed E-state index contributed by atoms with van der Waals surface area (Å²) in [7, 11) is -2.29. The van der Waals surface area contributed by atoms with Gasteiger partial charge in [-0.15, -0.1) is 0 Å². The van der Waals surface area contributed by atoms with Gasteiger partial charge >= 0.3 is 5.97 Å². The number of rotatable bonds is 7. The number of sulfonamides is 1. The van der Waals surface area contributed by atoms with E-state index in [-0.39, 0.29) is 23.9 Å². The Hall–Kier alpha value is -3.41. The second-order valence-electron chi connectivity index (χ2n) is 12.5. The number of aromatic nitrogens is 1. The molecule has 2 N–H and O–H groups in total. The van der Waals surface area contributed by atoms with Crippen LogP contribution >= 0.6 is 0 Å². The second-order valence-corrected chi connectivity index (χ2v) is 14.2. The van der Waals surface area contributed by atoms with Crippen LogP contribution in [0.3, 0.4) is 0 Å². The molecule has 0 spiro atoms. The van der Waals surface area contributed by atoms with Crippen LogP contribution in [0.4, 0.5) is 0 Å². The number of carbonyl (C=O) groups excluding carboxylic acids is 1. The molecule has 2 aliphatic heterocycles. The molecule has 0 bridgehead atoms. The topological polar surface area (TPSA) is 127 Å². The standard InChI is InChI=1S/C32H37N3O7S/c1-41-22-8-10-23-25(16-22)26-17-32(26,31(37)38)18-35-27-15-21(30(36)33-43(39,40)19-34-11-13-42-14-12-34)7-9-24(27)28(29(23)35)20-5-3-2-4-6-20/h7-10,15-16,20,26H,2-6,11-14,17-19H2,1H3,(H,33,36)(H,37,38). The first-order chi connectivity index (χ1) is 20.7. The molecule has 1 aromatic heterocycles. The van der Waals surface area contributed by atoms with Gasteiger partial charge in [0.1, 0.15) is 11.6 Å². The van der Waals surface area contributed by atoms with E-state index in [4.69, 9.17) is 9.47 Å². The molecule has 1 amide bonds. The zero-order valence-electron chi connectivity index (χ0n) is 24.3. The Morgan fingerprint density at radius 1 is 1.09 bits per heavy atom. The molecule has 1 saturated heterocycles. The molecule has 4 aliphatic rings. The number of hydrogen-bond donors (Lipinski definition) is 2. The fourth-order valence-corrected chi connectivity index (χ4v) is 8.83. The molecule has 7 rings (SSSR count). The molecule has 3 aromatic rings. The first-order valence-electron chi connectivity index (χ1n) is 15.1. The quantitative estimate of drug-likeness (QED) is 0.408. The van der Waals surface area contributed by atoms with Crippen LogP contribution in [-0.2, 0) is 26.1 Å². The number of morpholine rings is 1. The average Bonchev–Trinajstić information content (AvgIpc) is 3.68. The van der Waals surface area contributed by atoms with Gasteiger partial charge < -0.3 is 19.1 Å². The van der Waals surface area contributed by atoms with Crippen LogP contribution in [-0.4, -0.2) is 74.2 Å². The molecule has 228 valence electrons. The third kappa shape index (κ3) is 4.91. The van der Waals surface area contributed by atoms with Gasteiger partial charge in [0.25, 0.3) is 5.91 Å². The van der Waals surface area contributed by atoms with Crippen LogP contribution in [0, 0.1) is 5.41 Å². The van der Waals surface area contributed by atoms with Crippen molar-refractivity contribution in [1.29, 1.82) is 0 Å². The van der Waals surface area contributed by atoms with Crippen molar-refractivity contribution in [3.05, 3.63) is 53.1 Å². The number of nitrogens with zero attached hydrogens (tertiary/aromatic N) is 2. The van der Waals surface area contributed by atoms with E-state index in [1.165, 1.54) is 12.0 Å². The monoisotopic (exact) mass is 607 g/mol. The summed E-state index contributed by atoms with van der Waals surface area (Å²) in [6, 6.07) is 11.3. The summed E-state index contributed by atoms with van der Waals surface area (Å²) < 4.78 is 41.0. The smallest absolute Gasteiger partial charge is 0.312 e. The third-order valence-electron chi connectivity index (χ3n) is 9.91. The largest absolute Gasteiger partial charge is 0.497 e. The van der Waals surface area contributed by atoms with Crippen molar-refractivity contribution in [2.24, 2.45) is 5.41 Å². The highest BCUT2D eigenvalue weighted by Gasteiger charge is 2.63. The lowest BCUT2D eigenvalue weighted by atomic mass is 9.81. The summed E-state index contributed by atoms with van der Waals surface area (Å²) in [6.45, 7) is 2.17. The molecule has 2 saturated carbocycles. The first-order valence-corrected chi connectivity index (χ1v) is 16.8. The van der Waals surface area contributed by atoms with Crippen molar-refractivity contribution in [2.45, 2.75) is 56.9 Å². The first kappa shape index (κ1) is 28.4. The number of benzene rings is 2. The fourth-order valence-electron chi connectivity index (χ4n) is 7.63. The minimum absolute atomic E-state index is 0.138. The van der Waals surface area contributed by atoms with Crippen molar-refractivity contribution in [1.82, 2.24) is 14.2 Å². The number of methoxy groups -OCH3 is 1. The summed E-state index contributed by atoms with van der Waals surface area (Å²) in [5, 5.41) is 11.5. The second kappa shape index (κ2) is 10.6. The summed E-state index contributed by atoms with van der Waals surface area (Å²) in [4.78, 5) is 27.9. The lowest BCUT2D eigenvalue weighted by Gasteiger charge is -2.26. The fraction of sp³-hybridized carbons (Fsp3) is 0.500. The Morgan fingerprint density at radius 3 is 2.58 bits per heavy atom. The summed E-state index contributed by atoms with van der Waals surface area (Å²) in [5.74, 6) is -0.929. The molecule has 11 heteroatoms. The summed E-state index contributed by atoms with van der Waals surface area (Å²) >= 11 is 0. The van der Waals surface area contributed by atoms with E-state index in [2.05, 4.69) is 9.29 Å². The highest BCUT2D eigenvalue weighted by atomic mass is 32.2. The Labute approximate surface area is 251 Å². The van der Waals surface area contributed by atoms with E-state index in [0.29, 0.717) is 44.4 Å². The number of carboxylic acid groups (broad SMARTS) is 1. The van der Waals surface area contributed by atoms with Gasteiger partial charge in [-0.3, -0.25) is 14.5 Å². The van der Waals surface area contributed by atoms with Crippen molar-refractivity contribution in [3.8, 4) is 17.0 Å². The maximum absolute atomic E-state index is 13.4. The van der Waals surface area contributed by atoms with Crippen LogP contribution in [0.5, 0.6) is 5.75 Å². The van der Waals surface area contributed by atoms with E-state index in [9.17, 15) is 23.1 Å². The predicted molar refractivity (Wildman–Crippen MR) is 161 cm³/mol. The summed E-state index contributed by atoms with van der Waals surface area (Å²) in [5.41, 5.74) is 4.27. The van der Waals surface area contributed by atoms with Crippen molar-refractivity contribution >= 4 is 32.8 Å². The van der Waals surface area contributed by atoms with Gasteiger partial charge in [0.15, 0.2) is 0 Å². The van der Waals surface area contributed by atoms with Gasteiger partial charge in [-0.25, -0.2) is 13.1 Å². The molecule has 2 unspecified atom stereocenters. The van der Waals surface area contributed by atoms with Crippen LogP contribution in [0.1, 0.15) is 71.8 Å². The van der Waals surface area contributed by atoms with Crippen LogP contribution < -0.4 is 9.46 Å². The number of ether oxygens (including phenoxy) is 2. The van der Waals surface area contributed by atoms with Gasteiger partial charge in [-0.2, -0.15) is 0 Å². The SMILES string of the molecule is COc1ccc2c(c1)C1CC1(C(=O)O)Cn1c-2c(C2CCCCC2)c2ccc(C(=O)NS(=O)(=O)CN3CCOCC3)cc21. The Balaban J connectivity index is 1.35. The number of fused-ring (bicyclic) bond motifs is 7. The number of carbonyl (C=O) groups is 2. The maximum Gasteiger partial charge on any atom is 0.312 e. The Kier molecular flexibility index (Phi) is 7.02.